The molecule has 1 amide bonds. The monoisotopic (exact) mass is 291 g/mol. The number of nitrogens with one attached hydrogen (secondary N) is 1. The van der Waals surface area contributed by atoms with Crippen molar-refractivity contribution in [2.45, 2.75) is 18.9 Å². The van der Waals surface area contributed by atoms with Crippen LogP contribution in [0.2, 0.25) is 0 Å². The maximum Gasteiger partial charge on any atom is 0.230 e. The summed E-state index contributed by atoms with van der Waals surface area (Å²) in [4.78, 5) is 14.8. The van der Waals surface area contributed by atoms with Crippen LogP contribution in [-0.4, -0.2) is 42.0 Å². The second-order valence-corrected chi connectivity index (χ2v) is 5.87. The third kappa shape index (κ3) is 4.02. The van der Waals surface area contributed by atoms with Crippen molar-refractivity contribution in [3.63, 3.8) is 0 Å². The van der Waals surface area contributed by atoms with Gasteiger partial charge in [0.2, 0.25) is 5.91 Å². The predicted molar refractivity (Wildman–Crippen MR) is 84.5 cm³/mol. The van der Waals surface area contributed by atoms with Gasteiger partial charge < -0.3 is 16.0 Å². The van der Waals surface area contributed by atoms with E-state index < -0.39 is 5.92 Å². The number of hydrogen-bond acceptors (Lipinski definition) is 3. The van der Waals surface area contributed by atoms with Crippen LogP contribution in [0.15, 0.2) is 30.3 Å². The minimum absolute atomic E-state index is 0.0540. The molecule has 0 aromatic heterocycles. The SMILES string of the molecule is CN1CCC(NC(=O)C(Cc2ccccc2)C(N)=S)C1. The van der Waals surface area contributed by atoms with Crippen LogP contribution < -0.4 is 11.1 Å². The molecule has 0 aliphatic carbocycles. The van der Waals surface area contributed by atoms with E-state index in [4.69, 9.17) is 18.0 Å². The highest BCUT2D eigenvalue weighted by Crippen LogP contribution is 2.12. The van der Waals surface area contributed by atoms with E-state index >= 15 is 0 Å². The van der Waals surface area contributed by atoms with Crippen molar-refractivity contribution in [3.05, 3.63) is 35.9 Å². The first-order valence-electron chi connectivity index (χ1n) is 6.88. The molecule has 1 fully saturated rings. The molecule has 0 spiro atoms. The number of carbonyl (C=O) groups excluding carboxylic acids is 1. The van der Waals surface area contributed by atoms with Crippen molar-refractivity contribution in [3.8, 4) is 0 Å². The summed E-state index contributed by atoms with van der Waals surface area (Å²) in [5.41, 5.74) is 6.82. The number of likely N-dealkylation sites (tertiary alicyclic amines) is 1. The molecule has 3 N–H and O–H groups in total. The summed E-state index contributed by atoms with van der Waals surface area (Å²) in [5, 5.41) is 3.06. The van der Waals surface area contributed by atoms with Crippen molar-refractivity contribution in [1.82, 2.24) is 10.2 Å². The number of amides is 1. The molecule has 0 saturated carbocycles. The lowest BCUT2D eigenvalue weighted by Crippen LogP contribution is -2.44. The zero-order chi connectivity index (χ0) is 14.5. The lowest BCUT2D eigenvalue weighted by molar-refractivity contribution is -0.123. The molecule has 2 rings (SSSR count). The topological polar surface area (TPSA) is 58.4 Å². The molecular weight excluding hydrogens is 270 g/mol. The number of rotatable bonds is 5. The molecule has 2 unspecified atom stereocenters. The summed E-state index contributed by atoms with van der Waals surface area (Å²) < 4.78 is 0. The van der Waals surface area contributed by atoms with Crippen LogP contribution in [0, 0.1) is 5.92 Å². The Morgan fingerprint density at radius 1 is 1.50 bits per heavy atom. The van der Waals surface area contributed by atoms with Crippen molar-refractivity contribution in [2.75, 3.05) is 20.1 Å². The Morgan fingerprint density at radius 2 is 2.20 bits per heavy atom. The third-order valence-corrected chi connectivity index (χ3v) is 3.96. The van der Waals surface area contributed by atoms with Crippen molar-refractivity contribution < 1.29 is 4.79 Å². The fraction of sp³-hybridized carbons (Fsp3) is 0.467. The molecule has 1 aromatic carbocycles. The smallest absolute Gasteiger partial charge is 0.230 e. The Kier molecular flexibility index (Phi) is 5.09. The number of nitrogens with two attached hydrogens (primary N) is 1. The number of hydrogen-bond donors (Lipinski definition) is 2. The average molecular weight is 291 g/mol. The Bertz CT molecular complexity index is 477. The van der Waals surface area contributed by atoms with E-state index in [1.54, 1.807) is 0 Å². The summed E-state index contributed by atoms with van der Waals surface area (Å²) in [7, 11) is 2.06. The lowest BCUT2D eigenvalue weighted by Gasteiger charge is -2.19. The van der Waals surface area contributed by atoms with Crippen LogP contribution in [-0.2, 0) is 11.2 Å². The van der Waals surface area contributed by atoms with E-state index in [1.807, 2.05) is 30.3 Å². The number of benzene rings is 1. The number of likely N-dealkylation sites (N-methyl/N-ethyl adjacent to an activating group) is 1. The second kappa shape index (κ2) is 6.81. The molecule has 1 aliphatic rings. The summed E-state index contributed by atoms with van der Waals surface area (Å²) in [6.45, 7) is 1.91. The van der Waals surface area contributed by atoms with Crippen LogP contribution in [0.5, 0.6) is 0 Å². The molecule has 20 heavy (non-hydrogen) atoms. The molecule has 108 valence electrons. The van der Waals surface area contributed by atoms with Crippen LogP contribution in [0.4, 0.5) is 0 Å². The highest BCUT2D eigenvalue weighted by molar-refractivity contribution is 7.80. The lowest BCUT2D eigenvalue weighted by atomic mass is 9.98. The first-order valence-corrected chi connectivity index (χ1v) is 7.29. The quantitative estimate of drug-likeness (QED) is 0.793. The highest BCUT2D eigenvalue weighted by atomic mass is 32.1. The number of carbonyl (C=O) groups is 1. The van der Waals surface area contributed by atoms with E-state index in [1.165, 1.54) is 0 Å². The van der Waals surface area contributed by atoms with Gasteiger partial charge in [-0.15, -0.1) is 0 Å². The molecular formula is C15H21N3OS. The molecule has 1 aliphatic heterocycles. The Morgan fingerprint density at radius 3 is 2.75 bits per heavy atom. The molecule has 2 atom stereocenters. The summed E-state index contributed by atoms with van der Waals surface area (Å²) in [6.07, 6.45) is 1.54. The van der Waals surface area contributed by atoms with Crippen LogP contribution >= 0.6 is 12.2 Å². The molecule has 1 aromatic rings. The summed E-state index contributed by atoms with van der Waals surface area (Å²) >= 11 is 5.06. The van der Waals surface area contributed by atoms with Gasteiger partial charge in [-0.05, 0) is 32.0 Å². The van der Waals surface area contributed by atoms with Gasteiger partial charge in [0.1, 0.15) is 0 Å². The predicted octanol–water partition coefficient (Wildman–Crippen LogP) is 0.952. The van der Waals surface area contributed by atoms with Crippen LogP contribution in [0.25, 0.3) is 0 Å². The maximum absolute atomic E-state index is 12.4. The Labute approximate surface area is 125 Å². The zero-order valence-electron chi connectivity index (χ0n) is 11.7. The van der Waals surface area contributed by atoms with Gasteiger partial charge in [-0.3, -0.25) is 4.79 Å². The Balaban J connectivity index is 1.97. The zero-order valence-corrected chi connectivity index (χ0v) is 12.5. The first-order chi connectivity index (χ1) is 9.56. The van der Waals surface area contributed by atoms with Gasteiger partial charge in [0.05, 0.1) is 10.9 Å². The van der Waals surface area contributed by atoms with Crippen molar-refractivity contribution in [1.29, 1.82) is 0 Å². The molecule has 0 radical (unpaired) electrons. The minimum Gasteiger partial charge on any atom is -0.393 e. The largest absolute Gasteiger partial charge is 0.393 e. The van der Waals surface area contributed by atoms with Gasteiger partial charge in [0, 0.05) is 12.6 Å². The van der Waals surface area contributed by atoms with Gasteiger partial charge in [-0.1, -0.05) is 42.5 Å². The van der Waals surface area contributed by atoms with Gasteiger partial charge in [0.25, 0.3) is 0 Å². The van der Waals surface area contributed by atoms with Gasteiger partial charge in [-0.2, -0.15) is 0 Å². The molecule has 1 saturated heterocycles. The van der Waals surface area contributed by atoms with E-state index in [9.17, 15) is 4.79 Å². The molecule has 0 bridgehead atoms. The second-order valence-electron chi connectivity index (χ2n) is 5.40. The molecule has 1 heterocycles. The average Bonchev–Trinajstić information content (AvgIpc) is 2.82. The summed E-state index contributed by atoms with van der Waals surface area (Å²) in [6, 6.07) is 10.0. The fourth-order valence-corrected chi connectivity index (χ4v) is 2.72. The normalized spacial score (nSPS) is 20.6. The van der Waals surface area contributed by atoms with Crippen LogP contribution in [0.3, 0.4) is 0 Å². The number of nitrogens with zero attached hydrogens (tertiary/aromatic N) is 1. The highest BCUT2D eigenvalue weighted by Gasteiger charge is 2.27. The minimum atomic E-state index is -0.432. The van der Waals surface area contributed by atoms with Gasteiger partial charge in [-0.25, -0.2) is 0 Å². The molecule has 4 nitrogen and oxygen atoms in total. The van der Waals surface area contributed by atoms with E-state index in [0.717, 1.165) is 25.1 Å². The first kappa shape index (κ1) is 14.9. The maximum atomic E-state index is 12.4. The summed E-state index contributed by atoms with van der Waals surface area (Å²) in [5.74, 6) is -0.486. The third-order valence-electron chi connectivity index (χ3n) is 3.68. The van der Waals surface area contributed by atoms with Gasteiger partial charge in [0.15, 0.2) is 0 Å². The van der Waals surface area contributed by atoms with E-state index in [2.05, 4.69) is 17.3 Å². The van der Waals surface area contributed by atoms with Crippen molar-refractivity contribution in [2.24, 2.45) is 11.7 Å². The van der Waals surface area contributed by atoms with Crippen molar-refractivity contribution >= 4 is 23.1 Å². The van der Waals surface area contributed by atoms with E-state index in [-0.39, 0.29) is 16.9 Å². The fourth-order valence-electron chi connectivity index (χ4n) is 2.53. The van der Waals surface area contributed by atoms with E-state index in [0.29, 0.717) is 6.42 Å². The Hall–Kier alpha value is -1.46. The van der Waals surface area contributed by atoms with Gasteiger partial charge >= 0.3 is 0 Å². The van der Waals surface area contributed by atoms with Crippen LogP contribution in [0.1, 0.15) is 12.0 Å². The molecule has 5 heteroatoms. The number of thiocarbonyl (C=S) groups is 1. The standard InChI is InChI=1S/C15H21N3OS/c1-18-8-7-12(10-18)17-15(19)13(14(16)20)9-11-5-3-2-4-6-11/h2-6,12-13H,7-10H2,1H3,(H2,16,20)(H,17,19).